The SMILES string of the molecule is COc1ccc(CCC(=O)NCc2cc3cc(C)cc(C)c3[nH]c2=O)cc1. The van der Waals surface area contributed by atoms with Crippen LogP contribution in [0.15, 0.2) is 47.3 Å². The van der Waals surface area contributed by atoms with Crippen LogP contribution in [0.5, 0.6) is 5.75 Å². The van der Waals surface area contributed by atoms with Crippen LogP contribution >= 0.6 is 0 Å². The minimum Gasteiger partial charge on any atom is -0.497 e. The first-order valence-corrected chi connectivity index (χ1v) is 8.99. The summed E-state index contributed by atoms with van der Waals surface area (Å²) < 4.78 is 5.13. The summed E-state index contributed by atoms with van der Waals surface area (Å²) in [5.74, 6) is 0.718. The zero-order valence-corrected chi connectivity index (χ0v) is 15.9. The first-order valence-electron chi connectivity index (χ1n) is 8.99. The van der Waals surface area contributed by atoms with Crippen molar-refractivity contribution in [2.75, 3.05) is 7.11 Å². The van der Waals surface area contributed by atoms with Gasteiger partial charge in [-0.1, -0.05) is 23.8 Å². The van der Waals surface area contributed by atoms with Crippen molar-refractivity contribution in [3.05, 3.63) is 75.1 Å². The van der Waals surface area contributed by atoms with Gasteiger partial charge in [0.15, 0.2) is 0 Å². The van der Waals surface area contributed by atoms with Gasteiger partial charge in [0.25, 0.3) is 5.56 Å². The lowest BCUT2D eigenvalue weighted by molar-refractivity contribution is -0.121. The Morgan fingerprint density at radius 2 is 1.85 bits per heavy atom. The van der Waals surface area contributed by atoms with Crippen LogP contribution in [0, 0.1) is 13.8 Å². The van der Waals surface area contributed by atoms with E-state index in [2.05, 4.69) is 10.3 Å². The van der Waals surface area contributed by atoms with Gasteiger partial charge in [-0.25, -0.2) is 0 Å². The predicted octanol–water partition coefficient (Wildman–Crippen LogP) is 3.40. The Labute approximate surface area is 158 Å². The molecule has 3 aromatic rings. The molecule has 0 radical (unpaired) electrons. The van der Waals surface area contributed by atoms with E-state index in [1.807, 2.05) is 56.3 Å². The quantitative estimate of drug-likeness (QED) is 0.704. The number of benzene rings is 2. The van der Waals surface area contributed by atoms with E-state index in [-0.39, 0.29) is 18.0 Å². The fourth-order valence-corrected chi connectivity index (χ4v) is 3.20. The Hall–Kier alpha value is -3.08. The van der Waals surface area contributed by atoms with Gasteiger partial charge in [0.05, 0.1) is 12.6 Å². The van der Waals surface area contributed by atoms with Gasteiger partial charge in [-0.05, 0) is 61.0 Å². The lowest BCUT2D eigenvalue weighted by Gasteiger charge is -2.09. The van der Waals surface area contributed by atoms with Crippen molar-refractivity contribution in [3.8, 4) is 5.75 Å². The highest BCUT2D eigenvalue weighted by Gasteiger charge is 2.08. The molecule has 27 heavy (non-hydrogen) atoms. The summed E-state index contributed by atoms with van der Waals surface area (Å²) in [4.78, 5) is 27.4. The van der Waals surface area contributed by atoms with E-state index in [0.717, 1.165) is 33.3 Å². The van der Waals surface area contributed by atoms with Crippen LogP contribution in [0.3, 0.4) is 0 Å². The number of aromatic amines is 1. The number of amides is 1. The second-order valence-corrected chi connectivity index (χ2v) is 6.79. The fourth-order valence-electron chi connectivity index (χ4n) is 3.20. The third-order valence-corrected chi connectivity index (χ3v) is 4.65. The van der Waals surface area contributed by atoms with Gasteiger partial charge in [-0.15, -0.1) is 0 Å². The third kappa shape index (κ3) is 4.56. The lowest BCUT2D eigenvalue weighted by atomic mass is 10.1. The topological polar surface area (TPSA) is 71.2 Å². The predicted molar refractivity (Wildman–Crippen MR) is 107 cm³/mol. The number of rotatable bonds is 6. The zero-order valence-electron chi connectivity index (χ0n) is 15.9. The molecule has 0 aliphatic heterocycles. The number of H-pyrrole nitrogens is 1. The second-order valence-electron chi connectivity index (χ2n) is 6.79. The number of ether oxygens (including phenoxy) is 1. The molecule has 0 aliphatic rings. The van der Waals surface area contributed by atoms with Crippen LogP contribution in [-0.4, -0.2) is 18.0 Å². The van der Waals surface area contributed by atoms with Crippen molar-refractivity contribution in [3.63, 3.8) is 0 Å². The highest BCUT2D eigenvalue weighted by molar-refractivity contribution is 5.83. The summed E-state index contributed by atoms with van der Waals surface area (Å²) in [6, 6.07) is 13.6. The molecule has 1 aromatic heterocycles. The summed E-state index contributed by atoms with van der Waals surface area (Å²) in [7, 11) is 1.62. The molecule has 2 aromatic carbocycles. The molecule has 1 amide bonds. The molecule has 0 aliphatic carbocycles. The number of pyridine rings is 1. The number of aryl methyl sites for hydroxylation is 3. The number of carbonyl (C=O) groups excluding carboxylic acids is 1. The highest BCUT2D eigenvalue weighted by atomic mass is 16.5. The van der Waals surface area contributed by atoms with Gasteiger partial charge in [0.2, 0.25) is 5.91 Å². The Bertz CT molecular complexity index is 1020. The van der Waals surface area contributed by atoms with Crippen molar-refractivity contribution >= 4 is 16.8 Å². The van der Waals surface area contributed by atoms with E-state index >= 15 is 0 Å². The first kappa shape index (κ1) is 18.7. The number of aromatic nitrogens is 1. The molecule has 1 heterocycles. The summed E-state index contributed by atoms with van der Waals surface area (Å²) in [5.41, 5.74) is 4.49. The molecule has 0 atom stereocenters. The molecular formula is C22H24N2O3. The van der Waals surface area contributed by atoms with E-state index < -0.39 is 0 Å². The van der Waals surface area contributed by atoms with Gasteiger partial charge in [-0.2, -0.15) is 0 Å². The molecule has 0 unspecified atom stereocenters. The van der Waals surface area contributed by atoms with E-state index in [9.17, 15) is 9.59 Å². The average molecular weight is 364 g/mol. The van der Waals surface area contributed by atoms with Crippen LogP contribution in [0.4, 0.5) is 0 Å². The molecule has 0 saturated carbocycles. The molecule has 3 rings (SSSR count). The number of hydrogen-bond donors (Lipinski definition) is 2. The van der Waals surface area contributed by atoms with Crippen molar-refractivity contribution in [2.45, 2.75) is 33.2 Å². The van der Waals surface area contributed by atoms with Crippen molar-refractivity contribution in [1.29, 1.82) is 0 Å². The normalized spacial score (nSPS) is 10.8. The van der Waals surface area contributed by atoms with Crippen LogP contribution < -0.4 is 15.6 Å². The van der Waals surface area contributed by atoms with Crippen LogP contribution in [0.2, 0.25) is 0 Å². The van der Waals surface area contributed by atoms with Crippen LogP contribution in [0.25, 0.3) is 10.9 Å². The Balaban J connectivity index is 1.62. The Kier molecular flexibility index (Phi) is 5.60. The van der Waals surface area contributed by atoms with Gasteiger partial charge in [0.1, 0.15) is 5.75 Å². The summed E-state index contributed by atoms with van der Waals surface area (Å²) in [6.07, 6.45) is 1.01. The summed E-state index contributed by atoms with van der Waals surface area (Å²) in [5, 5.41) is 3.82. The fraction of sp³-hybridized carbons (Fsp3) is 0.273. The first-order chi connectivity index (χ1) is 13.0. The molecule has 5 nitrogen and oxygen atoms in total. The second kappa shape index (κ2) is 8.08. The Morgan fingerprint density at radius 1 is 1.11 bits per heavy atom. The minimum atomic E-state index is -0.162. The van der Waals surface area contributed by atoms with Gasteiger partial charge < -0.3 is 15.0 Å². The molecule has 2 N–H and O–H groups in total. The van der Waals surface area contributed by atoms with E-state index in [1.54, 1.807) is 7.11 Å². The van der Waals surface area contributed by atoms with Crippen molar-refractivity contribution < 1.29 is 9.53 Å². The molecule has 0 spiro atoms. The van der Waals surface area contributed by atoms with Crippen LogP contribution in [-0.2, 0) is 17.8 Å². The standard InChI is InChI=1S/C22H24N2O3/c1-14-10-15(2)21-17(11-14)12-18(22(26)24-21)13-23-20(25)9-6-16-4-7-19(27-3)8-5-16/h4-5,7-8,10-12H,6,9,13H2,1-3H3,(H,23,25)(H,24,26). The minimum absolute atomic E-state index is 0.0780. The largest absolute Gasteiger partial charge is 0.497 e. The maximum Gasteiger partial charge on any atom is 0.253 e. The molecule has 0 bridgehead atoms. The highest BCUT2D eigenvalue weighted by Crippen LogP contribution is 2.18. The molecule has 0 fully saturated rings. The Morgan fingerprint density at radius 3 is 2.56 bits per heavy atom. The van der Waals surface area contributed by atoms with Crippen LogP contribution in [0.1, 0.15) is 28.7 Å². The van der Waals surface area contributed by atoms with E-state index in [1.165, 1.54) is 0 Å². The maximum atomic E-state index is 12.3. The van der Waals surface area contributed by atoms with Crippen molar-refractivity contribution in [2.24, 2.45) is 0 Å². The monoisotopic (exact) mass is 364 g/mol. The lowest BCUT2D eigenvalue weighted by Crippen LogP contribution is -2.27. The summed E-state index contributed by atoms with van der Waals surface area (Å²) >= 11 is 0. The molecule has 0 saturated heterocycles. The molecule has 5 heteroatoms. The smallest absolute Gasteiger partial charge is 0.253 e. The molecule has 140 valence electrons. The number of hydrogen-bond acceptors (Lipinski definition) is 3. The third-order valence-electron chi connectivity index (χ3n) is 4.65. The number of fused-ring (bicyclic) bond motifs is 1. The van der Waals surface area contributed by atoms with Gasteiger partial charge >= 0.3 is 0 Å². The zero-order chi connectivity index (χ0) is 19.4. The average Bonchev–Trinajstić information content (AvgIpc) is 2.65. The number of methoxy groups -OCH3 is 1. The molecular weight excluding hydrogens is 340 g/mol. The number of nitrogens with one attached hydrogen (secondary N) is 2. The number of carbonyl (C=O) groups is 1. The van der Waals surface area contributed by atoms with Gasteiger partial charge in [0, 0.05) is 18.5 Å². The van der Waals surface area contributed by atoms with E-state index in [4.69, 9.17) is 4.74 Å². The van der Waals surface area contributed by atoms with Crippen molar-refractivity contribution in [1.82, 2.24) is 10.3 Å². The van der Waals surface area contributed by atoms with Gasteiger partial charge in [-0.3, -0.25) is 9.59 Å². The summed E-state index contributed by atoms with van der Waals surface area (Å²) in [6.45, 7) is 4.23. The van der Waals surface area contributed by atoms with E-state index in [0.29, 0.717) is 18.4 Å². The maximum absolute atomic E-state index is 12.3.